The van der Waals surface area contributed by atoms with Gasteiger partial charge in [0.1, 0.15) is 11.4 Å². The molecular weight excluding hydrogens is 252 g/mol. The van der Waals surface area contributed by atoms with Gasteiger partial charge in [-0.3, -0.25) is 4.79 Å². The van der Waals surface area contributed by atoms with Crippen LogP contribution >= 0.6 is 0 Å². The molecule has 0 spiro atoms. The molecule has 0 atom stereocenters. The van der Waals surface area contributed by atoms with Crippen molar-refractivity contribution in [2.24, 2.45) is 5.73 Å². The number of nitrogens with one attached hydrogen (secondary N) is 1. The number of hydrogen-bond donors (Lipinski definition) is 2. The van der Waals surface area contributed by atoms with Crippen LogP contribution in [0.4, 0.5) is 23.2 Å². The van der Waals surface area contributed by atoms with Crippen molar-refractivity contribution in [2.75, 3.05) is 5.32 Å². The second-order valence-electron chi connectivity index (χ2n) is 4.31. The van der Waals surface area contributed by atoms with Crippen LogP contribution in [0.3, 0.4) is 0 Å². The van der Waals surface area contributed by atoms with E-state index in [0.717, 1.165) is 12.1 Å². The summed E-state index contributed by atoms with van der Waals surface area (Å²) in [7, 11) is 0. The molecule has 1 amide bonds. The summed E-state index contributed by atoms with van der Waals surface area (Å²) >= 11 is 0. The van der Waals surface area contributed by atoms with Crippen LogP contribution in [0.2, 0.25) is 0 Å². The third kappa shape index (κ3) is 3.12. The molecule has 0 aliphatic carbocycles. The summed E-state index contributed by atoms with van der Waals surface area (Å²) in [5.74, 6) is -1.85. The number of primary amides is 1. The fourth-order valence-electron chi connectivity index (χ4n) is 1.19. The second-order valence-corrected chi connectivity index (χ2v) is 4.31. The Morgan fingerprint density at radius 1 is 1.28 bits per heavy atom. The number of anilines is 1. The molecule has 3 nitrogen and oxygen atoms in total. The van der Waals surface area contributed by atoms with Crippen LogP contribution in [-0.2, 0) is 11.0 Å². The number of carbonyl (C=O) groups is 1. The van der Waals surface area contributed by atoms with Crippen molar-refractivity contribution < 1.29 is 22.4 Å². The van der Waals surface area contributed by atoms with Gasteiger partial charge in [-0.2, -0.15) is 13.2 Å². The van der Waals surface area contributed by atoms with Gasteiger partial charge in [0.25, 0.3) is 0 Å². The Labute approximate surface area is 101 Å². The van der Waals surface area contributed by atoms with Gasteiger partial charge in [-0.1, -0.05) is 0 Å². The van der Waals surface area contributed by atoms with Gasteiger partial charge < -0.3 is 11.1 Å². The summed E-state index contributed by atoms with van der Waals surface area (Å²) in [6.07, 6.45) is -4.61. The molecule has 100 valence electrons. The fraction of sp³-hybridized carbons (Fsp3) is 0.364. The van der Waals surface area contributed by atoms with E-state index < -0.39 is 29.0 Å². The molecule has 3 N–H and O–H groups in total. The molecule has 0 radical (unpaired) electrons. The van der Waals surface area contributed by atoms with Crippen LogP contribution in [0, 0.1) is 5.82 Å². The predicted octanol–water partition coefficient (Wildman–Crippen LogP) is 2.52. The molecule has 0 fully saturated rings. The molecule has 0 bridgehead atoms. The SMILES string of the molecule is CC(C)(Nc1ccc(C(F)(F)F)cc1F)C(N)=O. The monoisotopic (exact) mass is 264 g/mol. The van der Waals surface area contributed by atoms with E-state index in [1.807, 2.05) is 0 Å². The average Bonchev–Trinajstić information content (AvgIpc) is 2.19. The maximum Gasteiger partial charge on any atom is 0.416 e. The number of nitrogens with two attached hydrogens (primary N) is 1. The topological polar surface area (TPSA) is 55.1 Å². The first-order chi connectivity index (χ1) is 8.04. The largest absolute Gasteiger partial charge is 0.416 e. The third-order valence-electron chi connectivity index (χ3n) is 2.36. The minimum Gasteiger partial charge on any atom is -0.369 e. The number of halogens is 4. The van der Waals surface area contributed by atoms with Gasteiger partial charge in [0.2, 0.25) is 5.91 Å². The first-order valence-electron chi connectivity index (χ1n) is 4.99. The minimum absolute atomic E-state index is 0.216. The molecule has 0 aliphatic rings. The molecular formula is C11H12F4N2O. The van der Waals surface area contributed by atoms with E-state index in [9.17, 15) is 22.4 Å². The summed E-state index contributed by atoms with van der Waals surface area (Å²) in [6.45, 7) is 2.79. The lowest BCUT2D eigenvalue weighted by Crippen LogP contribution is -2.45. The predicted molar refractivity (Wildman–Crippen MR) is 58.3 cm³/mol. The number of alkyl halides is 3. The average molecular weight is 264 g/mol. The van der Waals surface area contributed by atoms with Gasteiger partial charge in [-0.25, -0.2) is 4.39 Å². The molecule has 0 unspecified atom stereocenters. The highest BCUT2D eigenvalue weighted by Gasteiger charge is 2.32. The molecule has 7 heteroatoms. The number of hydrogen-bond acceptors (Lipinski definition) is 2. The molecule has 0 saturated heterocycles. The smallest absolute Gasteiger partial charge is 0.369 e. The molecule has 1 aromatic rings. The zero-order valence-electron chi connectivity index (χ0n) is 9.73. The Balaban J connectivity index is 3.04. The Kier molecular flexibility index (Phi) is 3.54. The van der Waals surface area contributed by atoms with Gasteiger partial charge in [0.05, 0.1) is 11.3 Å². The molecule has 0 saturated carbocycles. The van der Waals surface area contributed by atoms with Crippen LogP contribution < -0.4 is 11.1 Å². The molecule has 0 aromatic heterocycles. The van der Waals surface area contributed by atoms with Gasteiger partial charge in [0, 0.05) is 0 Å². The first kappa shape index (κ1) is 14.3. The molecule has 1 aromatic carbocycles. The zero-order chi connectivity index (χ0) is 14.1. The van der Waals surface area contributed by atoms with Crippen LogP contribution in [-0.4, -0.2) is 11.4 Å². The highest BCUT2D eigenvalue weighted by molar-refractivity contribution is 5.86. The van der Waals surface area contributed by atoms with Crippen molar-refractivity contribution in [1.82, 2.24) is 0 Å². The Hall–Kier alpha value is -1.79. The zero-order valence-corrected chi connectivity index (χ0v) is 9.73. The summed E-state index contributed by atoms with van der Waals surface area (Å²) in [5.41, 5.74) is 2.49. The Morgan fingerprint density at radius 3 is 2.22 bits per heavy atom. The quantitative estimate of drug-likeness (QED) is 0.824. The lowest BCUT2D eigenvalue weighted by Gasteiger charge is -2.24. The fourth-order valence-corrected chi connectivity index (χ4v) is 1.19. The molecule has 0 aliphatic heterocycles. The molecule has 1 rings (SSSR count). The first-order valence-corrected chi connectivity index (χ1v) is 4.99. The summed E-state index contributed by atoms with van der Waals surface area (Å²) in [4.78, 5) is 11.0. The van der Waals surface area contributed by atoms with E-state index in [-0.39, 0.29) is 5.69 Å². The van der Waals surface area contributed by atoms with Crippen molar-refractivity contribution in [1.29, 1.82) is 0 Å². The van der Waals surface area contributed by atoms with Crippen molar-refractivity contribution in [3.05, 3.63) is 29.6 Å². The van der Waals surface area contributed by atoms with E-state index in [2.05, 4.69) is 5.32 Å². The lowest BCUT2D eigenvalue weighted by molar-refractivity contribution is -0.137. The van der Waals surface area contributed by atoms with Gasteiger partial charge in [-0.15, -0.1) is 0 Å². The van der Waals surface area contributed by atoms with Crippen molar-refractivity contribution in [3.63, 3.8) is 0 Å². The van der Waals surface area contributed by atoms with Crippen LogP contribution in [0.5, 0.6) is 0 Å². The third-order valence-corrected chi connectivity index (χ3v) is 2.36. The van der Waals surface area contributed by atoms with E-state index in [0.29, 0.717) is 6.07 Å². The number of rotatable bonds is 3. The van der Waals surface area contributed by atoms with Crippen molar-refractivity contribution in [3.8, 4) is 0 Å². The molecule has 18 heavy (non-hydrogen) atoms. The normalized spacial score (nSPS) is 12.3. The van der Waals surface area contributed by atoms with Gasteiger partial charge in [0.15, 0.2) is 0 Å². The van der Waals surface area contributed by atoms with Gasteiger partial charge in [-0.05, 0) is 32.0 Å². The van der Waals surface area contributed by atoms with E-state index in [1.54, 1.807) is 0 Å². The number of benzene rings is 1. The summed E-state index contributed by atoms with van der Waals surface area (Å²) < 4.78 is 50.4. The Bertz CT molecular complexity index is 469. The standard InChI is InChI=1S/C11H12F4N2O/c1-10(2,9(16)18)17-8-4-3-6(5-7(8)12)11(13,14)15/h3-5,17H,1-2H3,(H2,16,18). The van der Waals surface area contributed by atoms with Crippen molar-refractivity contribution >= 4 is 11.6 Å². The van der Waals surface area contributed by atoms with Gasteiger partial charge >= 0.3 is 6.18 Å². The lowest BCUT2D eigenvalue weighted by atomic mass is 10.0. The maximum absolute atomic E-state index is 13.5. The van der Waals surface area contributed by atoms with Crippen LogP contribution in [0.15, 0.2) is 18.2 Å². The van der Waals surface area contributed by atoms with E-state index >= 15 is 0 Å². The summed E-state index contributed by atoms with van der Waals surface area (Å²) in [5, 5.41) is 2.45. The second kappa shape index (κ2) is 4.47. The number of carbonyl (C=O) groups excluding carboxylic acids is 1. The van der Waals surface area contributed by atoms with E-state index in [4.69, 9.17) is 5.73 Å². The highest BCUT2D eigenvalue weighted by atomic mass is 19.4. The van der Waals surface area contributed by atoms with Crippen molar-refractivity contribution in [2.45, 2.75) is 25.6 Å². The minimum atomic E-state index is -4.61. The maximum atomic E-state index is 13.5. The van der Waals surface area contributed by atoms with Crippen LogP contribution in [0.25, 0.3) is 0 Å². The molecule has 0 heterocycles. The van der Waals surface area contributed by atoms with Crippen LogP contribution in [0.1, 0.15) is 19.4 Å². The van der Waals surface area contributed by atoms with E-state index in [1.165, 1.54) is 13.8 Å². The highest BCUT2D eigenvalue weighted by Crippen LogP contribution is 2.31. The summed E-state index contributed by atoms with van der Waals surface area (Å²) in [6, 6.07) is 2.00. The number of amides is 1. The Morgan fingerprint density at radius 2 is 1.83 bits per heavy atom.